The first kappa shape index (κ1) is 12.8. The number of alkyl halides is 1. The molecule has 1 aromatic carbocycles. The molecule has 1 atom stereocenters. The Balaban J connectivity index is 1.71. The molecule has 0 N–H and O–H groups in total. The SMILES string of the molecule is O=C(c1ccc2c(c1)CCO2)N1CCC(CCCl)C1. The molecule has 0 radical (unpaired) electrons. The molecule has 2 aliphatic heterocycles. The quantitative estimate of drug-likeness (QED) is 0.796. The van der Waals surface area contributed by atoms with Gasteiger partial charge in [-0.05, 0) is 42.5 Å². The minimum absolute atomic E-state index is 0.145. The van der Waals surface area contributed by atoms with Gasteiger partial charge in [-0.2, -0.15) is 0 Å². The lowest BCUT2D eigenvalue weighted by atomic mass is 10.1. The van der Waals surface area contributed by atoms with Crippen LogP contribution in [0.4, 0.5) is 0 Å². The average molecular weight is 280 g/mol. The Labute approximate surface area is 118 Å². The van der Waals surface area contributed by atoms with Crippen LogP contribution in [-0.2, 0) is 6.42 Å². The number of carbonyl (C=O) groups excluding carboxylic acids is 1. The van der Waals surface area contributed by atoms with E-state index >= 15 is 0 Å². The lowest BCUT2D eigenvalue weighted by molar-refractivity contribution is 0.0787. The summed E-state index contributed by atoms with van der Waals surface area (Å²) in [6, 6.07) is 5.78. The second kappa shape index (κ2) is 5.41. The van der Waals surface area contributed by atoms with E-state index in [0.29, 0.717) is 11.8 Å². The molecule has 0 aromatic heterocycles. The predicted molar refractivity (Wildman–Crippen MR) is 75.0 cm³/mol. The van der Waals surface area contributed by atoms with Gasteiger partial charge in [-0.15, -0.1) is 11.6 Å². The lowest BCUT2D eigenvalue weighted by Gasteiger charge is -2.16. The van der Waals surface area contributed by atoms with Crippen molar-refractivity contribution in [2.24, 2.45) is 5.92 Å². The van der Waals surface area contributed by atoms with Gasteiger partial charge in [0.1, 0.15) is 5.75 Å². The highest BCUT2D eigenvalue weighted by atomic mass is 35.5. The lowest BCUT2D eigenvalue weighted by Crippen LogP contribution is -2.28. The second-order valence-corrected chi connectivity index (χ2v) is 5.68. The summed E-state index contributed by atoms with van der Waals surface area (Å²) in [5, 5.41) is 0. The molecule has 1 aromatic rings. The van der Waals surface area contributed by atoms with Crippen LogP contribution < -0.4 is 4.74 Å². The highest BCUT2D eigenvalue weighted by Gasteiger charge is 2.27. The van der Waals surface area contributed by atoms with Crippen LogP contribution in [-0.4, -0.2) is 36.4 Å². The zero-order chi connectivity index (χ0) is 13.2. The minimum atomic E-state index is 0.145. The Hall–Kier alpha value is -1.22. The van der Waals surface area contributed by atoms with Crippen LogP contribution in [0, 0.1) is 5.92 Å². The molecule has 0 bridgehead atoms. The molecule has 102 valence electrons. The molecule has 2 aliphatic rings. The zero-order valence-corrected chi connectivity index (χ0v) is 11.7. The summed E-state index contributed by atoms with van der Waals surface area (Å²) in [4.78, 5) is 14.4. The summed E-state index contributed by atoms with van der Waals surface area (Å²) in [5.41, 5.74) is 1.94. The van der Waals surface area contributed by atoms with Gasteiger partial charge in [-0.25, -0.2) is 0 Å². The van der Waals surface area contributed by atoms with E-state index in [1.54, 1.807) is 0 Å². The average Bonchev–Trinajstić information content (AvgIpc) is 3.05. The molecule has 19 heavy (non-hydrogen) atoms. The zero-order valence-electron chi connectivity index (χ0n) is 10.9. The third-order valence-electron chi connectivity index (χ3n) is 4.03. The number of carbonyl (C=O) groups is 1. The van der Waals surface area contributed by atoms with Crippen molar-refractivity contribution in [1.29, 1.82) is 0 Å². The molecule has 4 heteroatoms. The van der Waals surface area contributed by atoms with E-state index in [4.69, 9.17) is 16.3 Å². The van der Waals surface area contributed by atoms with Crippen LogP contribution >= 0.6 is 11.6 Å². The summed E-state index contributed by atoms with van der Waals surface area (Å²) >= 11 is 5.77. The monoisotopic (exact) mass is 279 g/mol. The normalized spacial score (nSPS) is 21.3. The Morgan fingerprint density at radius 1 is 1.47 bits per heavy atom. The molecule has 1 saturated heterocycles. The van der Waals surface area contributed by atoms with Crippen molar-refractivity contribution in [2.45, 2.75) is 19.3 Å². The van der Waals surface area contributed by atoms with E-state index in [2.05, 4.69) is 0 Å². The molecule has 3 nitrogen and oxygen atoms in total. The van der Waals surface area contributed by atoms with Crippen LogP contribution in [0.25, 0.3) is 0 Å². The number of likely N-dealkylation sites (tertiary alicyclic amines) is 1. The van der Waals surface area contributed by atoms with Gasteiger partial charge < -0.3 is 9.64 Å². The molecule has 3 rings (SSSR count). The number of amides is 1. The highest BCUT2D eigenvalue weighted by Crippen LogP contribution is 2.27. The summed E-state index contributed by atoms with van der Waals surface area (Å²) in [6.45, 7) is 2.43. The van der Waals surface area contributed by atoms with Crippen LogP contribution in [0.2, 0.25) is 0 Å². The topological polar surface area (TPSA) is 29.5 Å². The van der Waals surface area contributed by atoms with Gasteiger partial charge in [-0.1, -0.05) is 0 Å². The third-order valence-corrected chi connectivity index (χ3v) is 4.25. The maximum absolute atomic E-state index is 12.4. The van der Waals surface area contributed by atoms with Crippen molar-refractivity contribution in [1.82, 2.24) is 4.90 Å². The van der Waals surface area contributed by atoms with Gasteiger partial charge >= 0.3 is 0 Å². The van der Waals surface area contributed by atoms with Crippen molar-refractivity contribution >= 4 is 17.5 Å². The van der Waals surface area contributed by atoms with Gasteiger partial charge in [0, 0.05) is 31.0 Å². The maximum atomic E-state index is 12.4. The van der Waals surface area contributed by atoms with Crippen LogP contribution in [0.5, 0.6) is 5.75 Å². The van der Waals surface area contributed by atoms with Crippen molar-refractivity contribution in [2.75, 3.05) is 25.6 Å². The third kappa shape index (κ3) is 2.57. The molecule has 0 aliphatic carbocycles. The Kier molecular flexibility index (Phi) is 3.65. The van der Waals surface area contributed by atoms with Gasteiger partial charge in [-0.3, -0.25) is 4.79 Å². The number of ether oxygens (including phenoxy) is 1. The highest BCUT2D eigenvalue weighted by molar-refractivity contribution is 6.17. The molecular weight excluding hydrogens is 262 g/mol. The molecule has 2 heterocycles. The van der Waals surface area contributed by atoms with Crippen molar-refractivity contribution in [3.8, 4) is 5.75 Å². The van der Waals surface area contributed by atoms with Crippen LogP contribution in [0.15, 0.2) is 18.2 Å². The van der Waals surface area contributed by atoms with E-state index in [1.165, 1.54) is 0 Å². The number of fused-ring (bicyclic) bond motifs is 1. The summed E-state index contributed by atoms with van der Waals surface area (Å²) in [5.74, 6) is 2.33. The minimum Gasteiger partial charge on any atom is -0.493 e. The summed E-state index contributed by atoms with van der Waals surface area (Å²) in [7, 11) is 0. The predicted octanol–water partition coefficient (Wildman–Crippen LogP) is 2.71. The van der Waals surface area contributed by atoms with Gasteiger partial charge in [0.2, 0.25) is 0 Å². The fourth-order valence-electron chi connectivity index (χ4n) is 2.91. The number of nitrogens with zero attached hydrogens (tertiary/aromatic N) is 1. The summed E-state index contributed by atoms with van der Waals surface area (Å²) < 4.78 is 5.47. The standard InChI is InChI=1S/C15H18ClNO2/c16-6-3-11-4-7-17(10-11)15(18)13-1-2-14-12(9-13)5-8-19-14/h1-2,9,11H,3-8,10H2. The summed E-state index contributed by atoms with van der Waals surface area (Å²) in [6.07, 6.45) is 2.99. The number of rotatable bonds is 3. The first-order chi connectivity index (χ1) is 9.28. The number of hydrogen-bond acceptors (Lipinski definition) is 2. The molecule has 1 fully saturated rings. The Morgan fingerprint density at radius 3 is 3.21 bits per heavy atom. The van der Waals surface area contributed by atoms with Crippen molar-refractivity contribution in [3.63, 3.8) is 0 Å². The largest absolute Gasteiger partial charge is 0.493 e. The maximum Gasteiger partial charge on any atom is 0.253 e. The fraction of sp³-hybridized carbons (Fsp3) is 0.533. The smallest absolute Gasteiger partial charge is 0.253 e. The number of halogens is 1. The Morgan fingerprint density at radius 2 is 2.37 bits per heavy atom. The first-order valence-electron chi connectivity index (χ1n) is 6.89. The molecule has 1 amide bonds. The van der Waals surface area contributed by atoms with Crippen LogP contribution in [0.3, 0.4) is 0 Å². The van der Waals surface area contributed by atoms with Crippen molar-refractivity contribution < 1.29 is 9.53 Å². The fourth-order valence-corrected chi connectivity index (χ4v) is 3.22. The van der Waals surface area contributed by atoms with E-state index in [1.807, 2.05) is 23.1 Å². The molecular formula is C15H18ClNO2. The first-order valence-corrected chi connectivity index (χ1v) is 7.42. The molecule has 1 unspecified atom stereocenters. The van der Waals surface area contributed by atoms with E-state index in [-0.39, 0.29) is 5.91 Å². The van der Waals surface area contributed by atoms with Gasteiger partial charge in [0.15, 0.2) is 0 Å². The second-order valence-electron chi connectivity index (χ2n) is 5.30. The van der Waals surface area contributed by atoms with Crippen LogP contribution in [0.1, 0.15) is 28.8 Å². The van der Waals surface area contributed by atoms with E-state index in [9.17, 15) is 4.79 Å². The molecule has 0 spiro atoms. The van der Waals surface area contributed by atoms with Crippen molar-refractivity contribution in [3.05, 3.63) is 29.3 Å². The van der Waals surface area contributed by atoms with E-state index in [0.717, 1.165) is 55.8 Å². The number of benzene rings is 1. The number of hydrogen-bond donors (Lipinski definition) is 0. The van der Waals surface area contributed by atoms with Gasteiger partial charge in [0.05, 0.1) is 6.61 Å². The molecule has 0 saturated carbocycles. The van der Waals surface area contributed by atoms with Gasteiger partial charge in [0.25, 0.3) is 5.91 Å². The Bertz CT molecular complexity index is 489. The van der Waals surface area contributed by atoms with E-state index < -0.39 is 0 Å².